The van der Waals surface area contributed by atoms with Gasteiger partial charge in [-0.3, -0.25) is 4.68 Å². The summed E-state index contributed by atoms with van der Waals surface area (Å²) in [6, 6.07) is 0.684. The Hall–Kier alpha value is -1.03. The van der Waals surface area contributed by atoms with E-state index < -0.39 is 0 Å². The number of hydrogen-bond donors (Lipinski definition) is 1. The molecule has 0 amide bonds. The summed E-state index contributed by atoms with van der Waals surface area (Å²) in [7, 11) is 4.08. The number of nitrogens with one attached hydrogen (secondary N) is 1. The number of aromatic nitrogens is 2. The molecular formula is C14H26N4. The standard InChI is InChI=1S/C14H26N4/c1-5-12-8-6-7-9-18(12)14-13(10-15-3)11(2)16-17(14)4/h12,15H,5-10H2,1-4H3. The van der Waals surface area contributed by atoms with Crippen molar-refractivity contribution in [2.24, 2.45) is 7.05 Å². The Bertz CT molecular complexity index is 397. The van der Waals surface area contributed by atoms with Gasteiger partial charge < -0.3 is 10.2 Å². The number of anilines is 1. The van der Waals surface area contributed by atoms with E-state index in [1.54, 1.807) is 0 Å². The first-order chi connectivity index (χ1) is 8.69. The van der Waals surface area contributed by atoms with Gasteiger partial charge in [0.1, 0.15) is 5.82 Å². The quantitative estimate of drug-likeness (QED) is 0.889. The highest BCUT2D eigenvalue weighted by Crippen LogP contribution is 2.30. The maximum Gasteiger partial charge on any atom is 0.131 e. The molecule has 102 valence electrons. The molecule has 0 aromatic carbocycles. The Morgan fingerprint density at radius 2 is 2.17 bits per heavy atom. The third kappa shape index (κ3) is 2.39. The van der Waals surface area contributed by atoms with Crippen molar-refractivity contribution in [3.8, 4) is 0 Å². The number of aryl methyl sites for hydroxylation is 2. The van der Waals surface area contributed by atoms with Gasteiger partial charge in [-0.1, -0.05) is 6.92 Å². The van der Waals surface area contributed by atoms with E-state index in [-0.39, 0.29) is 0 Å². The van der Waals surface area contributed by atoms with Crippen LogP contribution < -0.4 is 10.2 Å². The van der Waals surface area contributed by atoms with E-state index in [2.05, 4.69) is 40.9 Å². The second-order valence-corrected chi connectivity index (χ2v) is 5.29. The average Bonchev–Trinajstić information content (AvgIpc) is 2.65. The summed E-state index contributed by atoms with van der Waals surface area (Å²) < 4.78 is 2.07. The predicted octanol–water partition coefficient (Wildman–Crippen LogP) is 2.22. The van der Waals surface area contributed by atoms with E-state index in [9.17, 15) is 0 Å². The molecule has 4 heteroatoms. The van der Waals surface area contributed by atoms with Crippen molar-refractivity contribution in [2.75, 3.05) is 18.5 Å². The lowest BCUT2D eigenvalue weighted by molar-refractivity contribution is 0.440. The molecule has 4 nitrogen and oxygen atoms in total. The Labute approximate surface area is 110 Å². The molecule has 1 unspecified atom stereocenters. The van der Waals surface area contributed by atoms with Crippen molar-refractivity contribution in [3.63, 3.8) is 0 Å². The maximum atomic E-state index is 4.61. The van der Waals surface area contributed by atoms with Crippen LogP contribution in [0.1, 0.15) is 43.9 Å². The Morgan fingerprint density at radius 1 is 1.39 bits per heavy atom. The normalized spacial score (nSPS) is 20.4. The van der Waals surface area contributed by atoms with Gasteiger partial charge in [-0.15, -0.1) is 0 Å². The van der Waals surface area contributed by atoms with Crippen LogP contribution in [0.15, 0.2) is 0 Å². The summed E-state index contributed by atoms with van der Waals surface area (Å²) in [5.41, 5.74) is 2.52. The molecule has 0 saturated carbocycles. The van der Waals surface area contributed by atoms with Crippen LogP contribution in [-0.2, 0) is 13.6 Å². The molecule has 18 heavy (non-hydrogen) atoms. The molecule has 1 aliphatic heterocycles. The van der Waals surface area contributed by atoms with E-state index in [0.717, 1.165) is 12.2 Å². The highest BCUT2D eigenvalue weighted by molar-refractivity contribution is 5.51. The van der Waals surface area contributed by atoms with Gasteiger partial charge in [0.25, 0.3) is 0 Å². The lowest BCUT2D eigenvalue weighted by atomic mass is 9.99. The van der Waals surface area contributed by atoms with Crippen LogP contribution in [0.5, 0.6) is 0 Å². The molecule has 0 radical (unpaired) electrons. The summed E-state index contributed by atoms with van der Waals surface area (Å²) in [4.78, 5) is 2.58. The van der Waals surface area contributed by atoms with Crippen molar-refractivity contribution in [1.82, 2.24) is 15.1 Å². The summed E-state index contributed by atoms with van der Waals surface area (Å²) in [5, 5.41) is 7.88. The number of rotatable bonds is 4. The minimum absolute atomic E-state index is 0.684. The minimum atomic E-state index is 0.684. The van der Waals surface area contributed by atoms with Crippen molar-refractivity contribution in [1.29, 1.82) is 0 Å². The summed E-state index contributed by atoms with van der Waals surface area (Å²) in [6.07, 6.45) is 5.22. The van der Waals surface area contributed by atoms with Crippen LogP contribution in [0.2, 0.25) is 0 Å². The molecule has 0 aliphatic carbocycles. The van der Waals surface area contributed by atoms with E-state index in [0.29, 0.717) is 6.04 Å². The molecule has 2 rings (SSSR count). The first-order valence-corrected chi connectivity index (χ1v) is 7.12. The largest absolute Gasteiger partial charge is 0.354 e. The molecule has 1 N–H and O–H groups in total. The average molecular weight is 250 g/mol. The Kier molecular flexibility index (Phi) is 4.27. The lowest BCUT2D eigenvalue weighted by Gasteiger charge is -2.37. The number of piperidine rings is 1. The number of hydrogen-bond acceptors (Lipinski definition) is 3. The van der Waals surface area contributed by atoms with Gasteiger partial charge in [0, 0.05) is 31.7 Å². The topological polar surface area (TPSA) is 33.1 Å². The molecule has 1 atom stereocenters. The molecule has 1 aromatic heterocycles. The fourth-order valence-corrected chi connectivity index (χ4v) is 3.14. The van der Waals surface area contributed by atoms with Crippen LogP contribution in [0.3, 0.4) is 0 Å². The number of nitrogens with zero attached hydrogens (tertiary/aromatic N) is 3. The fraction of sp³-hybridized carbons (Fsp3) is 0.786. The molecular weight excluding hydrogens is 224 g/mol. The molecule has 1 saturated heterocycles. The first-order valence-electron chi connectivity index (χ1n) is 7.12. The van der Waals surface area contributed by atoms with Crippen LogP contribution in [-0.4, -0.2) is 29.4 Å². The van der Waals surface area contributed by atoms with Crippen molar-refractivity contribution in [2.45, 2.75) is 52.1 Å². The Balaban J connectivity index is 2.35. The SMILES string of the molecule is CCC1CCCCN1c1c(CNC)c(C)nn1C. The maximum absolute atomic E-state index is 4.61. The highest BCUT2D eigenvalue weighted by atomic mass is 15.4. The van der Waals surface area contributed by atoms with Gasteiger partial charge in [-0.2, -0.15) is 5.10 Å². The molecule has 1 aromatic rings. The molecule has 0 bridgehead atoms. The third-order valence-corrected chi connectivity index (χ3v) is 4.04. The second kappa shape index (κ2) is 5.74. The van der Waals surface area contributed by atoms with Crippen LogP contribution >= 0.6 is 0 Å². The van der Waals surface area contributed by atoms with Gasteiger partial charge >= 0.3 is 0 Å². The zero-order valence-electron chi connectivity index (χ0n) is 12.2. The van der Waals surface area contributed by atoms with E-state index in [1.807, 2.05) is 7.05 Å². The van der Waals surface area contributed by atoms with Crippen LogP contribution in [0, 0.1) is 6.92 Å². The zero-order chi connectivity index (χ0) is 13.1. The van der Waals surface area contributed by atoms with Crippen molar-refractivity contribution < 1.29 is 0 Å². The van der Waals surface area contributed by atoms with Gasteiger partial charge in [0.15, 0.2) is 0 Å². The van der Waals surface area contributed by atoms with E-state index in [1.165, 1.54) is 43.6 Å². The molecule has 1 aliphatic rings. The van der Waals surface area contributed by atoms with Gasteiger partial charge in [-0.25, -0.2) is 0 Å². The van der Waals surface area contributed by atoms with Gasteiger partial charge in [-0.05, 0) is 39.7 Å². The van der Waals surface area contributed by atoms with Gasteiger partial charge in [0.2, 0.25) is 0 Å². The summed E-state index contributed by atoms with van der Waals surface area (Å²) in [6.45, 7) is 6.49. The summed E-state index contributed by atoms with van der Waals surface area (Å²) in [5.74, 6) is 1.33. The first kappa shape index (κ1) is 13.4. The van der Waals surface area contributed by atoms with Crippen molar-refractivity contribution in [3.05, 3.63) is 11.3 Å². The zero-order valence-corrected chi connectivity index (χ0v) is 12.2. The van der Waals surface area contributed by atoms with E-state index >= 15 is 0 Å². The lowest BCUT2D eigenvalue weighted by Crippen LogP contribution is -2.41. The smallest absolute Gasteiger partial charge is 0.131 e. The minimum Gasteiger partial charge on any atom is -0.354 e. The van der Waals surface area contributed by atoms with Crippen molar-refractivity contribution >= 4 is 5.82 Å². The van der Waals surface area contributed by atoms with E-state index in [4.69, 9.17) is 0 Å². The second-order valence-electron chi connectivity index (χ2n) is 5.29. The molecule has 0 spiro atoms. The highest BCUT2D eigenvalue weighted by Gasteiger charge is 2.26. The van der Waals surface area contributed by atoms with Crippen LogP contribution in [0.25, 0.3) is 0 Å². The third-order valence-electron chi connectivity index (χ3n) is 4.04. The Morgan fingerprint density at radius 3 is 2.83 bits per heavy atom. The molecule has 2 heterocycles. The fourth-order valence-electron chi connectivity index (χ4n) is 3.14. The van der Waals surface area contributed by atoms with Crippen LogP contribution in [0.4, 0.5) is 5.82 Å². The van der Waals surface area contributed by atoms with Gasteiger partial charge in [0.05, 0.1) is 5.69 Å². The molecule has 1 fully saturated rings. The monoisotopic (exact) mass is 250 g/mol. The summed E-state index contributed by atoms with van der Waals surface area (Å²) >= 11 is 0. The predicted molar refractivity (Wildman–Crippen MR) is 76.0 cm³/mol.